The summed E-state index contributed by atoms with van der Waals surface area (Å²) in [6.45, 7) is 15.9. The molecule has 0 saturated carbocycles. The van der Waals surface area contributed by atoms with E-state index >= 15 is 0 Å². The number of ether oxygens (including phenoxy) is 3. The summed E-state index contributed by atoms with van der Waals surface area (Å²) < 4.78 is 16.5. The molecule has 0 aliphatic carbocycles. The normalized spacial score (nSPS) is 19.5. The van der Waals surface area contributed by atoms with E-state index < -0.39 is 0 Å². The molecule has 188 valence electrons. The van der Waals surface area contributed by atoms with Crippen LogP contribution in [0.5, 0.6) is 5.75 Å². The minimum absolute atomic E-state index is 0. The number of aliphatic imine (C=N–C) groups is 1. The monoisotopic (exact) mass is 575 g/mol. The van der Waals surface area contributed by atoms with Crippen LogP contribution in [0, 0.1) is 0 Å². The van der Waals surface area contributed by atoms with Gasteiger partial charge in [-0.1, -0.05) is 12.1 Å². The summed E-state index contributed by atoms with van der Waals surface area (Å²) in [5.74, 6) is 1.74. The van der Waals surface area contributed by atoms with E-state index in [0.29, 0.717) is 0 Å². The highest BCUT2D eigenvalue weighted by atomic mass is 127. The van der Waals surface area contributed by atoms with Crippen molar-refractivity contribution in [1.82, 2.24) is 20.4 Å². The molecule has 0 amide bonds. The number of benzene rings is 1. The molecule has 2 saturated heterocycles. The minimum Gasteiger partial charge on any atom is -0.497 e. The zero-order valence-corrected chi connectivity index (χ0v) is 23.0. The maximum atomic E-state index is 5.59. The van der Waals surface area contributed by atoms with Crippen molar-refractivity contribution in [3.63, 3.8) is 0 Å². The van der Waals surface area contributed by atoms with Crippen LogP contribution in [0.1, 0.15) is 32.4 Å². The van der Waals surface area contributed by atoms with Gasteiger partial charge >= 0.3 is 0 Å². The van der Waals surface area contributed by atoms with Crippen LogP contribution in [0.3, 0.4) is 0 Å². The summed E-state index contributed by atoms with van der Waals surface area (Å²) >= 11 is 0. The van der Waals surface area contributed by atoms with Gasteiger partial charge in [-0.25, -0.2) is 0 Å². The highest BCUT2D eigenvalue weighted by Gasteiger charge is 2.28. The van der Waals surface area contributed by atoms with Gasteiger partial charge in [0.15, 0.2) is 5.96 Å². The average Bonchev–Trinajstić information content (AvgIpc) is 2.84. The average molecular weight is 576 g/mol. The predicted octanol–water partition coefficient (Wildman–Crippen LogP) is 2.35. The third-order valence-electron chi connectivity index (χ3n) is 6.29. The van der Waals surface area contributed by atoms with Gasteiger partial charge in [-0.15, -0.1) is 24.0 Å². The highest BCUT2D eigenvalue weighted by molar-refractivity contribution is 14.0. The van der Waals surface area contributed by atoms with Gasteiger partial charge in [0, 0.05) is 44.8 Å². The topological polar surface area (TPSA) is 70.6 Å². The van der Waals surface area contributed by atoms with Crippen molar-refractivity contribution in [1.29, 1.82) is 0 Å². The second-order valence-electron chi connectivity index (χ2n) is 8.93. The van der Waals surface area contributed by atoms with Crippen molar-refractivity contribution in [2.45, 2.75) is 32.4 Å². The zero-order valence-electron chi connectivity index (χ0n) is 20.6. The summed E-state index contributed by atoms with van der Waals surface area (Å²) in [5.41, 5.74) is 1.26. The first-order valence-corrected chi connectivity index (χ1v) is 11.8. The minimum atomic E-state index is -0.00821. The molecule has 33 heavy (non-hydrogen) atoms. The molecule has 0 aromatic heterocycles. The van der Waals surface area contributed by atoms with Crippen molar-refractivity contribution in [3.8, 4) is 5.75 Å². The summed E-state index contributed by atoms with van der Waals surface area (Å²) in [6.07, 6.45) is 0. The maximum absolute atomic E-state index is 5.59. The second kappa shape index (κ2) is 14.3. The molecule has 3 rings (SSSR count). The molecule has 8 nitrogen and oxygen atoms in total. The molecule has 1 atom stereocenters. The van der Waals surface area contributed by atoms with Gasteiger partial charge < -0.3 is 24.8 Å². The van der Waals surface area contributed by atoms with Crippen LogP contribution in [-0.2, 0) is 9.47 Å². The molecular formula is C24H42IN5O3. The van der Waals surface area contributed by atoms with Gasteiger partial charge in [-0.2, -0.15) is 0 Å². The molecule has 0 radical (unpaired) electrons. The fourth-order valence-corrected chi connectivity index (χ4v) is 4.25. The number of hydrogen-bond donors (Lipinski definition) is 2. The summed E-state index contributed by atoms with van der Waals surface area (Å²) in [5, 5.41) is 7.02. The second-order valence-corrected chi connectivity index (χ2v) is 8.93. The first-order valence-electron chi connectivity index (χ1n) is 11.8. The van der Waals surface area contributed by atoms with Crippen LogP contribution in [0.15, 0.2) is 29.3 Å². The Balaban J connectivity index is 0.00000385. The lowest BCUT2D eigenvalue weighted by Gasteiger charge is -2.40. The van der Waals surface area contributed by atoms with E-state index in [0.717, 1.165) is 83.9 Å². The van der Waals surface area contributed by atoms with Gasteiger partial charge in [-0.3, -0.25) is 14.8 Å². The van der Waals surface area contributed by atoms with E-state index in [1.807, 2.05) is 12.1 Å². The maximum Gasteiger partial charge on any atom is 0.191 e. The summed E-state index contributed by atoms with van der Waals surface area (Å²) in [6, 6.07) is 8.62. The third-order valence-corrected chi connectivity index (χ3v) is 6.29. The molecule has 2 heterocycles. The lowest BCUT2D eigenvalue weighted by Crippen LogP contribution is -2.52. The Kier molecular flexibility index (Phi) is 12.2. The van der Waals surface area contributed by atoms with Crippen LogP contribution in [0.4, 0.5) is 0 Å². The first kappa shape index (κ1) is 28.1. The Morgan fingerprint density at radius 1 is 1.03 bits per heavy atom. The van der Waals surface area contributed by atoms with E-state index in [9.17, 15) is 0 Å². The van der Waals surface area contributed by atoms with E-state index in [2.05, 4.69) is 53.3 Å². The Hall–Kier alpha value is -1.14. The molecule has 0 spiro atoms. The largest absolute Gasteiger partial charge is 0.497 e. The van der Waals surface area contributed by atoms with Gasteiger partial charge in [0.05, 0.1) is 46.1 Å². The van der Waals surface area contributed by atoms with Crippen molar-refractivity contribution in [3.05, 3.63) is 29.8 Å². The van der Waals surface area contributed by atoms with Crippen molar-refractivity contribution >= 4 is 29.9 Å². The number of morpholine rings is 2. The molecule has 2 N–H and O–H groups in total. The Bertz CT molecular complexity index is 705. The fraction of sp³-hybridized carbons (Fsp3) is 0.708. The number of methoxy groups -OCH3 is 1. The summed E-state index contributed by atoms with van der Waals surface area (Å²) in [7, 11) is 1.70. The summed E-state index contributed by atoms with van der Waals surface area (Å²) in [4.78, 5) is 9.90. The van der Waals surface area contributed by atoms with E-state index in [4.69, 9.17) is 19.2 Å². The smallest absolute Gasteiger partial charge is 0.191 e. The van der Waals surface area contributed by atoms with Crippen LogP contribution < -0.4 is 15.4 Å². The number of halogens is 1. The van der Waals surface area contributed by atoms with Gasteiger partial charge in [0.25, 0.3) is 0 Å². The number of hydrogen-bond acceptors (Lipinski definition) is 6. The van der Waals surface area contributed by atoms with Crippen LogP contribution in [0.2, 0.25) is 0 Å². The molecule has 2 fully saturated rings. The molecule has 1 aromatic carbocycles. The first-order chi connectivity index (χ1) is 15.5. The van der Waals surface area contributed by atoms with Crippen molar-refractivity contribution < 1.29 is 14.2 Å². The Labute approximate surface area is 216 Å². The molecule has 2 aliphatic rings. The van der Waals surface area contributed by atoms with Gasteiger partial charge in [-0.05, 0) is 38.5 Å². The highest BCUT2D eigenvalue weighted by Crippen LogP contribution is 2.24. The SMILES string of the molecule is CCNC(=NCC(C)(C)N1CCOCC1)NCC(c1ccc(OC)cc1)N1CCOCC1.I. The van der Waals surface area contributed by atoms with E-state index in [1.165, 1.54) is 5.56 Å². The number of guanidine groups is 1. The van der Waals surface area contributed by atoms with Crippen LogP contribution >= 0.6 is 24.0 Å². The third kappa shape index (κ3) is 8.54. The molecular weight excluding hydrogens is 533 g/mol. The zero-order chi connectivity index (χ0) is 22.8. The molecule has 0 bridgehead atoms. The molecule has 1 aromatic rings. The van der Waals surface area contributed by atoms with Gasteiger partial charge in [0.1, 0.15) is 5.75 Å². The van der Waals surface area contributed by atoms with Gasteiger partial charge in [0.2, 0.25) is 0 Å². The molecule has 2 aliphatic heterocycles. The fourth-order valence-electron chi connectivity index (χ4n) is 4.25. The van der Waals surface area contributed by atoms with Crippen molar-refractivity contribution in [2.24, 2.45) is 4.99 Å². The standard InChI is InChI=1S/C24H41N5O3.HI/c1-5-25-23(27-19-24(2,3)29-12-16-32-17-13-29)26-18-22(28-10-14-31-15-11-28)20-6-8-21(30-4)9-7-20;/h6-9,22H,5,10-19H2,1-4H3,(H2,25,26,27);1H. The molecule has 9 heteroatoms. The quantitative estimate of drug-likeness (QED) is 0.266. The Morgan fingerprint density at radius 3 is 2.21 bits per heavy atom. The van der Waals surface area contributed by atoms with Crippen LogP contribution in [-0.4, -0.2) is 101 Å². The van der Waals surface area contributed by atoms with Crippen LogP contribution in [0.25, 0.3) is 0 Å². The van der Waals surface area contributed by atoms with E-state index in [-0.39, 0.29) is 35.6 Å². The predicted molar refractivity (Wildman–Crippen MR) is 144 cm³/mol. The number of rotatable bonds is 9. The Morgan fingerprint density at radius 2 is 1.64 bits per heavy atom. The number of nitrogens with zero attached hydrogens (tertiary/aromatic N) is 3. The molecule has 1 unspecified atom stereocenters. The lowest BCUT2D eigenvalue weighted by atomic mass is 10.0. The number of nitrogens with one attached hydrogen (secondary N) is 2. The lowest BCUT2D eigenvalue weighted by molar-refractivity contribution is -0.00684. The van der Waals surface area contributed by atoms with Crippen molar-refractivity contribution in [2.75, 3.05) is 79.4 Å². The van der Waals surface area contributed by atoms with E-state index in [1.54, 1.807) is 7.11 Å².